The summed E-state index contributed by atoms with van der Waals surface area (Å²) in [4.78, 5) is 12.3. The Hall–Kier alpha value is -2.55. The molecule has 1 N–H and O–H groups in total. The van der Waals surface area contributed by atoms with Gasteiger partial charge in [0.1, 0.15) is 12.4 Å². The molecule has 0 fully saturated rings. The number of carbonyl (C=O) groups excluding carboxylic acids is 1. The van der Waals surface area contributed by atoms with E-state index in [2.05, 4.69) is 36.2 Å². The van der Waals surface area contributed by atoms with Crippen molar-refractivity contribution < 1.29 is 9.53 Å². The van der Waals surface area contributed by atoms with Crippen molar-refractivity contribution in [2.24, 2.45) is 0 Å². The molecule has 3 rings (SSSR count). The van der Waals surface area contributed by atoms with E-state index in [-0.39, 0.29) is 5.91 Å². The Bertz CT molecular complexity index is 723. The number of aryl methyl sites for hydroxylation is 1. The van der Waals surface area contributed by atoms with Crippen LogP contribution in [0.15, 0.2) is 61.2 Å². The molecule has 1 amide bonds. The lowest BCUT2D eigenvalue weighted by molar-refractivity contribution is -0.121. The van der Waals surface area contributed by atoms with Crippen LogP contribution in [0.1, 0.15) is 35.4 Å². The fraction of sp³-hybridized carbons (Fsp3) is 0.286. The van der Waals surface area contributed by atoms with Gasteiger partial charge in [0.05, 0.1) is 0 Å². The molecule has 124 valence electrons. The third kappa shape index (κ3) is 3.85. The van der Waals surface area contributed by atoms with E-state index >= 15 is 0 Å². The molecule has 0 spiro atoms. The first-order valence-electron chi connectivity index (χ1n) is 8.44. The monoisotopic (exact) mass is 321 g/mol. The molecule has 0 aromatic heterocycles. The van der Waals surface area contributed by atoms with Crippen LogP contribution in [0.5, 0.6) is 5.75 Å². The molecule has 3 heteroatoms. The molecule has 1 aliphatic carbocycles. The van der Waals surface area contributed by atoms with Gasteiger partial charge in [0.15, 0.2) is 0 Å². The SMILES string of the molecule is C=CCOc1ccccc1CNC(=O)CC1CCc2ccccc21. The average molecular weight is 321 g/mol. The molecule has 1 atom stereocenters. The Morgan fingerprint density at radius 1 is 1.21 bits per heavy atom. The number of rotatable bonds is 7. The van der Waals surface area contributed by atoms with E-state index in [0.29, 0.717) is 25.5 Å². The van der Waals surface area contributed by atoms with Crippen molar-refractivity contribution in [1.82, 2.24) is 5.32 Å². The summed E-state index contributed by atoms with van der Waals surface area (Å²) in [6.45, 7) is 4.61. The smallest absolute Gasteiger partial charge is 0.220 e. The summed E-state index contributed by atoms with van der Waals surface area (Å²) in [6.07, 6.45) is 4.40. The summed E-state index contributed by atoms with van der Waals surface area (Å²) in [7, 11) is 0. The van der Waals surface area contributed by atoms with Gasteiger partial charge >= 0.3 is 0 Å². The van der Waals surface area contributed by atoms with Crippen molar-refractivity contribution in [3.05, 3.63) is 77.9 Å². The van der Waals surface area contributed by atoms with Crippen LogP contribution >= 0.6 is 0 Å². The van der Waals surface area contributed by atoms with E-state index < -0.39 is 0 Å². The molecular formula is C21H23NO2. The maximum atomic E-state index is 12.3. The number of hydrogen-bond acceptors (Lipinski definition) is 2. The zero-order valence-corrected chi connectivity index (χ0v) is 13.8. The lowest BCUT2D eigenvalue weighted by atomic mass is 9.97. The molecular weight excluding hydrogens is 298 g/mol. The fourth-order valence-electron chi connectivity index (χ4n) is 3.29. The average Bonchev–Trinajstić information content (AvgIpc) is 3.02. The molecule has 3 nitrogen and oxygen atoms in total. The Labute approximate surface area is 143 Å². The van der Waals surface area contributed by atoms with Gasteiger partial charge in [-0.2, -0.15) is 0 Å². The highest BCUT2D eigenvalue weighted by Crippen LogP contribution is 2.35. The summed E-state index contributed by atoms with van der Waals surface area (Å²) in [6, 6.07) is 16.2. The molecule has 0 aliphatic heterocycles. The predicted molar refractivity (Wildman–Crippen MR) is 96.1 cm³/mol. The molecule has 0 saturated carbocycles. The van der Waals surface area contributed by atoms with Crippen molar-refractivity contribution >= 4 is 5.91 Å². The number of carbonyl (C=O) groups is 1. The van der Waals surface area contributed by atoms with Gasteiger partial charge in [0.2, 0.25) is 5.91 Å². The normalized spacial score (nSPS) is 15.6. The number of nitrogens with one attached hydrogen (secondary N) is 1. The third-order valence-electron chi connectivity index (χ3n) is 4.49. The second-order valence-corrected chi connectivity index (χ2v) is 6.12. The summed E-state index contributed by atoms with van der Waals surface area (Å²) >= 11 is 0. The highest BCUT2D eigenvalue weighted by Gasteiger charge is 2.24. The van der Waals surface area contributed by atoms with Crippen LogP contribution in [0.3, 0.4) is 0 Å². The van der Waals surface area contributed by atoms with Crippen molar-refractivity contribution in [3.63, 3.8) is 0 Å². The zero-order chi connectivity index (χ0) is 16.8. The minimum Gasteiger partial charge on any atom is -0.489 e. The number of amides is 1. The van der Waals surface area contributed by atoms with Crippen molar-refractivity contribution in [2.45, 2.75) is 31.7 Å². The largest absolute Gasteiger partial charge is 0.489 e. The molecule has 2 aromatic carbocycles. The van der Waals surface area contributed by atoms with Crippen molar-refractivity contribution in [1.29, 1.82) is 0 Å². The van der Waals surface area contributed by atoms with E-state index in [9.17, 15) is 4.79 Å². The van der Waals surface area contributed by atoms with Crippen LogP contribution in [-0.2, 0) is 17.8 Å². The highest BCUT2D eigenvalue weighted by atomic mass is 16.5. The van der Waals surface area contributed by atoms with Gasteiger partial charge < -0.3 is 10.1 Å². The summed E-state index contributed by atoms with van der Waals surface area (Å²) < 4.78 is 5.63. The van der Waals surface area contributed by atoms with E-state index in [0.717, 1.165) is 24.2 Å². The number of para-hydroxylation sites is 1. The number of fused-ring (bicyclic) bond motifs is 1. The van der Waals surface area contributed by atoms with E-state index in [1.165, 1.54) is 11.1 Å². The van der Waals surface area contributed by atoms with Crippen LogP contribution in [-0.4, -0.2) is 12.5 Å². The topological polar surface area (TPSA) is 38.3 Å². The number of ether oxygens (including phenoxy) is 1. The Morgan fingerprint density at radius 2 is 2.00 bits per heavy atom. The lowest BCUT2D eigenvalue weighted by Crippen LogP contribution is -2.24. The standard InChI is InChI=1S/C21H23NO2/c1-2-13-24-20-10-6-4-8-18(20)15-22-21(23)14-17-12-11-16-7-3-5-9-19(16)17/h2-10,17H,1,11-15H2,(H,22,23). The molecule has 1 unspecified atom stereocenters. The third-order valence-corrected chi connectivity index (χ3v) is 4.49. The first kappa shape index (κ1) is 16.3. The van der Waals surface area contributed by atoms with Gasteiger partial charge in [-0.3, -0.25) is 4.79 Å². The van der Waals surface area contributed by atoms with Gasteiger partial charge in [-0.25, -0.2) is 0 Å². The van der Waals surface area contributed by atoms with E-state index in [4.69, 9.17) is 4.74 Å². The maximum absolute atomic E-state index is 12.3. The Balaban J connectivity index is 1.56. The van der Waals surface area contributed by atoms with Crippen molar-refractivity contribution in [2.75, 3.05) is 6.61 Å². The lowest BCUT2D eigenvalue weighted by Gasteiger charge is -2.13. The van der Waals surface area contributed by atoms with Crippen molar-refractivity contribution in [3.8, 4) is 5.75 Å². The molecule has 0 bridgehead atoms. The summed E-state index contributed by atoms with van der Waals surface area (Å²) in [5, 5.41) is 3.03. The van der Waals surface area contributed by atoms with Crippen LogP contribution in [0.25, 0.3) is 0 Å². The highest BCUT2D eigenvalue weighted by molar-refractivity contribution is 5.77. The van der Waals surface area contributed by atoms with Gasteiger partial charge in [-0.15, -0.1) is 0 Å². The molecule has 0 saturated heterocycles. The first-order chi connectivity index (χ1) is 11.8. The van der Waals surface area contributed by atoms with Gasteiger partial charge in [0, 0.05) is 18.5 Å². The summed E-state index contributed by atoms with van der Waals surface area (Å²) in [5.74, 6) is 1.23. The molecule has 0 heterocycles. The van der Waals surface area contributed by atoms with Gasteiger partial charge in [0.25, 0.3) is 0 Å². The minimum atomic E-state index is 0.0928. The zero-order valence-electron chi connectivity index (χ0n) is 13.8. The first-order valence-corrected chi connectivity index (χ1v) is 8.44. The molecule has 24 heavy (non-hydrogen) atoms. The van der Waals surface area contributed by atoms with Gasteiger partial charge in [-0.05, 0) is 36.0 Å². The second kappa shape index (κ2) is 7.82. The molecule has 2 aromatic rings. The van der Waals surface area contributed by atoms with Crippen LogP contribution in [0, 0.1) is 0 Å². The quantitative estimate of drug-likeness (QED) is 0.783. The Kier molecular flexibility index (Phi) is 5.32. The predicted octanol–water partition coefficient (Wildman–Crippen LogP) is 3.99. The minimum absolute atomic E-state index is 0.0928. The molecule has 1 aliphatic rings. The summed E-state index contributed by atoms with van der Waals surface area (Å²) in [5.41, 5.74) is 3.71. The Morgan fingerprint density at radius 3 is 2.88 bits per heavy atom. The van der Waals surface area contributed by atoms with Gasteiger partial charge in [-0.1, -0.05) is 55.1 Å². The fourth-order valence-corrected chi connectivity index (χ4v) is 3.29. The van der Waals surface area contributed by atoms with Crippen LogP contribution in [0.2, 0.25) is 0 Å². The van der Waals surface area contributed by atoms with E-state index in [1.54, 1.807) is 6.08 Å². The second-order valence-electron chi connectivity index (χ2n) is 6.12. The van der Waals surface area contributed by atoms with E-state index in [1.807, 2.05) is 24.3 Å². The number of hydrogen-bond donors (Lipinski definition) is 1. The van der Waals surface area contributed by atoms with Crippen LogP contribution < -0.4 is 10.1 Å². The maximum Gasteiger partial charge on any atom is 0.220 e. The number of benzene rings is 2. The molecule has 0 radical (unpaired) electrons. The van der Waals surface area contributed by atoms with Crippen LogP contribution in [0.4, 0.5) is 0 Å².